The van der Waals surface area contributed by atoms with E-state index in [-0.39, 0.29) is 43.3 Å². The molecule has 1 aromatic heterocycles. The molecule has 0 bridgehead atoms. The largest absolute Gasteiger partial charge is 0.447 e. The Morgan fingerprint density at radius 2 is 1.72 bits per heavy atom. The molecule has 1 fully saturated rings. The van der Waals surface area contributed by atoms with Gasteiger partial charge in [-0.25, -0.2) is 9.59 Å². The van der Waals surface area contributed by atoms with Gasteiger partial charge >= 0.3 is 12.1 Å². The van der Waals surface area contributed by atoms with Gasteiger partial charge in [0, 0.05) is 55.2 Å². The van der Waals surface area contributed by atoms with Gasteiger partial charge in [-0.2, -0.15) is 4.68 Å². The molecule has 12 heteroatoms. The van der Waals surface area contributed by atoms with E-state index in [1.165, 1.54) is 0 Å². The standard InChI is InChI=1S/C31H38ClN7O4/c1-4-22-8-6-7-9-26(22)38(5-2)30(41)37-20-25-27(21-37)39(31(42)43-19-14-32)34-28(25)33-29(40)23-10-12-24(13-11-23)36-17-15-35(3)16-18-36/h6-13H,4-5,14-21H2,1-3H3,(H,33,34,40). The number of amides is 3. The number of carbonyl (C=O) groups excluding carboxylic acids is 3. The number of nitrogens with zero attached hydrogens (tertiary/aromatic N) is 6. The van der Waals surface area contributed by atoms with E-state index in [1.807, 2.05) is 43.3 Å². The van der Waals surface area contributed by atoms with Crippen LogP contribution >= 0.6 is 11.6 Å². The highest BCUT2D eigenvalue weighted by atomic mass is 35.5. The highest BCUT2D eigenvalue weighted by molar-refractivity contribution is 6.18. The van der Waals surface area contributed by atoms with Crippen LogP contribution in [0.3, 0.4) is 0 Å². The first-order valence-electron chi connectivity index (χ1n) is 14.7. The van der Waals surface area contributed by atoms with Crippen LogP contribution in [-0.4, -0.2) is 89.9 Å². The number of nitrogens with one attached hydrogen (secondary N) is 1. The normalized spacial score (nSPS) is 14.9. The minimum absolute atomic E-state index is 0.0103. The van der Waals surface area contributed by atoms with E-state index in [0.717, 1.165) is 54.2 Å². The van der Waals surface area contributed by atoms with Crippen LogP contribution in [0.5, 0.6) is 0 Å². The van der Waals surface area contributed by atoms with Gasteiger partial charge in [0.05, 0.1) is 24.7 Å². The third-order valence-electron chi connectivity index (χ3n) is 7.97. The van der Waals surface area contributed by atoms with Crippen LogP contribution in [0.25, 0.3) is 0 Å². The Balaban J connectivity index is 1.36. The topological polar surface area (TPSA) is 103 Å². The number of fused-ring (bicyclic) bond motifs is 1. The fourth-order valence-corrected chi connectivity index (χ4v) is 5.61. The number of rotatable bonds is 8. The van der Waals surface area contributed by atoms with Crippen molar-refractivity contribution in [3.8, 4) is 0 Å². The number of carbonyl (C=O) groups is 3. The van der Waals surface area contributed by atoms with E-state index in [4.69, 9.17) is 16.3 Å². The zero-order valence-corrected chi connectivity index (χ0v) is 25.6. The van der Waals surface area contributed by atoms with E-state index >= 15 is 0 Å². The lowest BCUT2D eigenvalue weighted by atomic mass is 10.1. The van der Waals surface area contributed by atoms with Crippen LogP contribution in [0.2, 0.25) is 0 Å². The second-order valence-electron chi connectivity index (χ2n) is 10.6. The highest BCUT2D eigenvalue weighted by Crippen LogP contribution is 2.32. The monoisotopic (exact) mass is 607 g/mol. The van der Waals surface area contributed by atoms with Crippen molar-refractivity contribution < 1.29 is 19.1 Å². The van der Waals surface area contributed by atoms with Crippen molar-refractivity contribution in [2.75, 3.05) is 67.4 Å². The van der Waals surface area contributed by atoms with Gasteiger partial charge in [0.25, 0.3) is 5.91 Å². The molecule has 3 aromatic rings. The molecule has 1 N–H and O–H groups in total. The van der Waals surface area contributed by atoms with E-state index in [9.17, 15) is 14.4 Å². The van der Waals surface area contributed by atoms with Crippen LogP contribution < -0.4 is 15.1 Å². The first-order chi connectivity index (χ1) is 20.8. The van der Waals surface area contributed by atoms with Crippen molar-refractivity contribution in [3.05, 3.63) is 70.9 Å². The van der Waals surface area contributed by atoms with E-state index in [0.29, 0.717) is 23.4 Å². The third-order valence-corrected chi connectivity index (χ3v) is 8.12. The Labute approximate surface area is 256 Å². The maximum Gasteiger partial charge on any atom is 0.435 e. The van der Waals surface area contributed by atoms with E-state index < -0.39 is 6.09 Å². The van der Waals surface area contributed by atoms with Crippen LogP contribution in [-0.2, 0) is 24.2 Å². The molecule has 0 spiro atoms. The van der Waals surface area contributed by atoms with Crippen LogP contribution in [0, 0.1) is 0 Å². The lowest BCUT2D eigenvalue weighted by Crippen LogP contribution is -2.44. The molecule has 0 aliphatic carbocycles. The molecule has 2 aromatic carbocycles. The number of para-hydroxylation sites is 1. The Morgan fingerprint density at radius 3 is 2.40 bits per heavy atom. The smallest absolute Gasteiger partial charge is 0.435 e. The molecule has 1 saturated heterocycles. The molecule has 0 radical (unpaired) electrons. The number of aromatic nitrogens is 2. The quantitative estimate of drug-likeness (QED) is 0.372. The summed E-state index contributed by atoms with van der Waals surface area (Å²) in [4.78, 5) is 48.0. The minimum Gasteiger partial charge on any atom is -0.447 e. The predicted octanol–water partition coefficient (Wildman–Crippen LogP) is 4.64. The molecular weight excluding hydrogens is 570 g/mol. The van der Waals surface area contributed by atoms with Crippen molar-refractivity contribution in [1.82, 2.24) is 19.6 Å². The minimum atomic E-state index is -0.716. The van der Waals surface area contributed by atoms with Gasteiger partial charge in [0.15, 0.2) is 5.82 Å². The fraction of sp³-hybridized carbons (Fsp3) is 0.419. The zero-order chi connectivity index (χ0) is 30.5. The number of benzene rings is 2. The van der Waals surface area contributed by atoms with E-state index in [1.54, 1.807) is 21.9 Å². The molecule has 2 aliphatic rings. The number of halogens is 1. The highest BCUT2D eigenvalue weighted by Gasteiger charge is 2.36. The molecular formula is C31H38ClN7O4. The van der Waals surface area contributed by atoms with Gasteiger partial charge in [-0.15, -0.1) is 16.7 Å². The summed E-state index contributed by atoms with van der Waals surface area (Å²) in [5, 5.41) is 7.27. The number of alkyl halides is 1. The molecule has 2 aliphatic heterocycles. The number of piperazine rings is 1. The Bertz CT molecular complexity index is 1470. The van der Waals surface area contributed by atoms with Crippen molar-refractivity contribution in [2.45, 2.75) is 33.4 Å². The summed E-state index contributed by atoms with van der Waals surface area (Å²) in [6.45, 7) is 8.63. The first kappa shape index (κ1) is 30.4. The maximum absolute atomic E-state index is 13.8. The predicted molar refractivity (Wildman–Crippen MR) is 167 cm³/mol. The summed E-state index contributed by atoms with van der Waals surface area (Å²) in [6.07, 6.45) is 0.0700. The first-order valence-corrected chi connectivity index (χ1v) is 15.2. The molecule has 3 amide bonds. The molecule has 5 rings (SSSR count). The number of anilines is 3. The van der Waals surface area contributed by atoms with Gasteiger partial charge in [-0.1, -0.05) is 25.1 Å². The van der Waals surface area contributed by atoms with Gasteiger partial charge in [0.2, 0.25) is 0 Å². The van der Waals surface area contributed by atoms with Crippen LogP contribution in [0.1, 0.15) is 41.0 Å². The Morgan fingerprint density at radius 1 is 1.00 bits per heavy atom. The van der Waals surface area contributed by atoms with Gasteiger partial charge in [-0.05, 0) is 56.3 Å². The SMILES string of the molecule is CCc1ccccc1N(CC)C(=O)N1Cc2c(NC(=O)c3ccc(N4CCN(C)CC4)cc3)nn(C(=O)OCCCl)c2C1. The van der Waals surface area contributed by atoms with Gasteiger partial charge < -0.3 is 24.8 Å². The summed E-state index contributed by atoms with van der Waals surface area (Å²) in [5.74, 6) is -0.00265. The number of likely N-dealkylation sites (N-methyl/N-ethyl adjacent to an activating group) is 1. The summed E-state index contributed by atoms with van der Waals surface area (Å²) >= 11 is 5.73. The molecule has 3 heterocycles. The number of hydrogen-bond acceptors (Lipinski definition) is 7. The third kappa shape index (κ3) is 6.47. The Hall–Kier alpha value is -4.09. The maximum atomic E-state index is 13.8. The zero-order valence-electron chi connectivity index (χ0n) is 24.9. The van der Waals surface area contributed by atoms with Crippen LogP contribution in [0.15, 0.2) is 48.5 Å². The lowest BCUT2D eigenvalue weighted by Gasteiger charge is -2.34. The molecule has 0 saturated carbocycles. The van der Waals surface area contributed by atoms with Crippen molar-refractivity contribution in [2.24, 2.45) is 0 Å². The molecule has 228 valence electrons. The molecule has 0 atom stereocenters. The summed E-state index contributed by atoms with van der Waals surface area (Å²) in [6, 6.07) is 15.1. The Kier molecular flexibility index (Phi) is 9.52. The fourth-order valence-electron chi connectivity index (χ4n) is 5.54. The number of aryl methyl sites for hydroxylation is 1. The summed E-state index contributed by atoms with van der Waals surface area (Å²) < 4.78 is 6.36. The summed E-state index contributed by atoms with van der Waals surface area (Å²) in [5.41, 5.74) is 4.54. The average molecular weight is 608 g/mol. The van der Waals surface area contributed by atoms with E-state index in [2.05, 4.69) is 34.2 Å². The number of ether oxygens (including phenoxy) is 1. The van der Waals surface area contributed by atoms with Gasteiger partial charge in [0.1, 0.15) is 6.61 Å². The molecule has 43 heavy (non-hydrogen) atoms. The summed E-state index contributed by atoms with van der Waals surface area (Å²) in [7, 11) is 2.11. The lowest BCUT2D eigenvalue weighted by molar-refractivity contribution is 0.102. The molecule has 11 nitrogen and oxygen atoms in total. The number of hydrogen-bond donors (Lipinski definition) is 1. The van der Waals surface area contributed by atoms with Crippen molar-refractivity contribution >= 4 is 46.8 Å². The second-order valence-corrected chi connectivity index (χ2v) is 11.0. The second kappa shape index (κ2) is 13.5. The number of urea groups is 1. The van der Waals surface area contributed by atoms with Crippen molar-refractivity contribution in [1.29, 1.82) is 0 Å². The van der Waals surface area contributed by atoms with Crippen molar-refractivity contribution in [3.63, 3.8) is 0 Å². The van der Waals surface area contributed by atoms with Crippen LogP contribution in [0.4, 0.5) is 26.8 Å². The van der Waals surface area contributed by atoms with Gasteiger partial charge in [-0.3, -0.25) is 9.69 Å². The molecule has 0 unspecified atom stereocenters. The average Bonchev–Trinajstić information content (AvgIpc) is 3.61.